The topological polar surface area (TPSA) is 59.0 Å². The molecule has 1 unspecified atom stereocenters. The minimum absolute atomic E-state index is 0.00127. The quantitative estimate of drug-likeness (QED) is 0.270. The van der Waals surface area contributed by atoms with Gasteiger partial charge in [-0.05, 0) is 88.2 Å². The van der Waals surface area contributed by atoms with Crippen LogP contribution in [0, 0.1) is 0 Å². The van der Waals surface area contributed by atoms with Crippen LogP contribution in [0.2, 0.25) is 0 Å². The summed E-state index contributed by atoms with van der Waals surface area (Å²) in [6.45, 7) is 9.67. The Balaban J connectivity index is 1.98. The Morgan fingerprint density at radius 1 is 0.914 bits per heavy atom. The maximum atomic E-state index is 13.0. The second-order valence-electron chi connectivity index (χ2n) is 9.33. The van der Waals surface area contributed by atoms with E-state index in [0.717, 1.165) is 29.7 Å². The first-order chi connectivity index (χ1) is 16.8. The molecule has 5 heteroatoms. The molecule has 1 atom stereocenters. The normalized spacial score (nSPS) is 12.3. The molecule has 0 aliphatic rings. The highest BCUT2D eigenvalue weighted by Gasteiger charge is 2.23. The number of carbonyl (C=O) groups excluding carboxylic acids is 1. The minimum atomic E-state index is -0.427. The Bertz CT molecular complexity index is 1070. The van der Waals surface area contributed by atoms with Gasteiger partial charge in [-0.15, -0.1) is 0 Å². The van der Waals surface area contributed by atoms with Gasteiger partial charge in [0.15, 0.2) is 0 Å². The zero-order valence-electron chi connectivity index (χ0n) is 21.4. The van der Waals surface area contributed by atoms with E-state index in [1.807, 2.05) is 24.3 Å². The van der Waals surface area contributed by atoms with E-state index in [9.17, 15) is 9.90 Å². The van der Waals surface area contributed by atoms with Crippen LogP contribution in [0.25, 0.3) is 0 Å². The molecule has 186 valence electrons. The third-order valence-electron chi connectivity index (χ3n) is 6.37. The first-order valence-electron chi connectivity index (χ1n) is 12.2. The van der Waals surface area contributed by atoms with E-state index >= 15 is 0 Å². The molecule has 3 aromatic carbocycles. The van der Waals surface area contributed by atoms with E-state index in [2.05, 4.69) is 44.7 Å². The molecule has 0 aromatic heterocycles. The number of rotatable bonds is 11. The molecule has 0 saturated heterocycles. The summed E-state index contributed by atoms with van der Waals surface area (Å²) in [5.41, 5.74) is 3.29. The van der Waals surface area contributed by atoms with Crippen molar-refractivity contribution < 1.29 is 19.4 Å². The molecule has 0 spiro atoms. The number of methoxy groups -OCH3 is 1. The minimum Gasteiger partial charge on any atom is -0.497 e. The number of hydrogen-bond acceptors (Lipinski definition) is 5. The van der Waals surface area contributed by atoms with Gasteiger partial charge in [0, 0.05) is 23.6 Å². The molecular formula is C30H37NO4. The number of hydrogen-bond donors (Lipinski definition) is 1. The molecule has 1 N–H and O–H groups in total. The molecule has 0 bridgehead atoms. The van der Waals surface area contributed by atoms with Gasteiger partial charge in [0.1, 0.15) is 11.5 Å². The van der Waals surface area contributed by atoms with E-state index < -0.39 is 5.97 Å². The number of aliphatic hydroxyl groups is 1. The average Bonchev–Trinajstić information content (AvgIpc) is 2.87. The molecule has 0 amide bonds. The van der Waals surface area contributed by atoms with E-state index in [1.165, 1.54) is 0 Å². The van der Waals surface area contributed by atoms with Gasteiger partial charge in [0.05, 0.1) is 19.3 Å². The van der Waals surface area contributed by atoms with E-state index in [4.69, 9.17) is 9.47 Å². The van der Waals surface area contributed by atoms with Crippen LogP contribution in [0.1, 0.15) is 67.1 Å². The number of carbonyl (C=O) groups is 1. The van der Waals surface area contributed by atoms with Crippen LogP contribution in [0.15, 0.2) is 72.8 Å². The summed E-state index contributed by atoms with van der Waals surface area (Å²) in [5.74, 6) is 0.765. The zero-order valence-corrected chi connectivity index (χ0v) is 21.4. The number of aliphatic hydroxyl groups excluding tert-OH is 1. The predicted octanol–water partition coefficient (Wildman–Crippen LogP) is 6.05. The Kier molecular flexibility index (Phi) is 9.47. The van der Waals surface area contributed by atoms with Crippen LogP contribution in [-0.4, -0.2) is 41.7 Å². The molecule has 0 heterocycles. The van der Waals surface area contributed by atoms with Gasteiger partial charge in [-0.1, -0.05) is 36.4 Å². The zero-order chi connectivity index (χ0) is 25.4. The van der Waals surface area contributed by atoms with Crippen LogP contribution in [0.3, 0.4) is 0 Å². The largest absolute Gasteiger partial charge is 0.497 e. The van der Waals surface area contributed by atoms with Gasteiger partial charge in [-0.25, -0.2) is 4.79 Å². The van der Waals surface area contributed by atoms with Crippen molar-refractivity contribution in [2.24, 2.45) is 0 Å². The highest BCUT2D eigenvalue weighted by molar-refractivity contribution is 5.91. The third-order valence-corrected chi connectivity index (χ3v) is 6.37. The Labute approximate surface area is 209 Å². The molecule has 5 nitrogen and oxygen atoms in total. The van der Waals surface area contributed by atoms with Gasteiger partial charge in [0.25, 0.3) is 0 Å². The van der Waals surface area contributed by atoms with Crippen LogP contribution in [0.5, 0.6) is 11.5 Å². The van der Waals surface area contributed by atoms with Gasteiger partial charge in [-0.3, -0.25) is 4.90 Å². The van der Waals surface area contributed by atoms with E-state index in [1.54, 1.807) is 43.5 Å². The lowest BCUT2D eigenvalue weighted by Gasteiger charge is -2.32. The van der Waals surface area contributed by atoms with Crippen molar-refractivity contribution >= 4 is 5.97 Å². The highest BCUT2D eigenvalue weighted by atomic mass is 16.5. The van der Waals surface area contributed by atoms with Crippen molar-refractivity contribution in [3.8, 4) is 11.5 Å². The second-order valence-corrected chi connectivity index (χ2v) is 9.33. The predicted molar refractivity (Wildman–Crippen MR) is 140 cm³/mol. The summed E-state index contributed by atoms with van der Waals surface area (Å²) >= 11 is 0. The lowest BCUT2D eigenvalue weighted by atomic mass is 9.86. The van der Waals surface area contributed by atoms with Gasteiger partial charge >= 0.3 is 5.97 Å². The molecule has 0 saturated carbocycles. The maximum absolute atomic E-state index is 13.0. The molecule has 0 fully saturated rings. The number of esters is 1. The SMILES string of the molecule is COc1ccc(C(=O)Oc2ccc(CO)cc2C(CCN(C(C)C)C(C)C)c2ccccc2)cc1. The Hall–Kier alpha value is -3.15. The van der Waals surface area contributed by atoms with Crippen LogP contribution < -0.4 is 9.47 Å². The van der Waals surface area contributed by atoms with Crippen molar-refractivity contribution in [1.29, 1.82) is 0 Å². The number of nitrogens with zero attached hydrogens (tertiary/aromatic N) is 1. The summed E-state index contributed by atoms with van der Waals surface area (Å²) in [6, 6.07) is 23.6. The molecule has 3 aromatic rings. The lowest BCUT2D eigenvalue weighted by Crippen LogP contribution is -2.38. The van der Waals surface area contributed by atoms with Crippen LogP contribution in [-0.2, 0) is 6.61 Å². The van der Waals surface area contributed by atoms with Crippen LogP contribution >= 0.6 is 0 Å². The molecular weight excluding hydrogens is 438 g/mol. The number of ether oxygens (including phenoxy) is 2. The summed E-state index contributed by atoms with van der Waals surface area (Å²) in [6.07, 6.45) is 0.850. The van der Waals surface area contributed by atoms with E-state index in [0.29, 0.717) is 29.1 Å². The monoisotopic (exact) mass is 475 g/mol. The fraction of sp³-hybridized carbons (Fsp3) is 0.367. The average molecular weight is 476 g/mol. The van der Waals surface area contributed by atoms with Gasteiger partial charge in [0.2, 0.25) is 0 Å². The summed E-state index contributed by atoms with van der Waals surface area (Å²) < 4.78 is 11.1. The van der Waals surface area contributed by atoms with Gasteiger partial charge in [-0.2, -0.15) is 0 Å². The molecule has 0 aliphatic carbocycles. The standard InChI is InChI=1S/C30H37NO4/c1-21(2)31(22(3)4)18-17-27(24-9-7-6-8-10-24)28-19-23(20-32)11-16-29(28)35-30(33)25-12-14-26(34-5)15-13-25/h6-16,19,21-22,27,32H,17-18,20H2,1-5H3. The highest BCUT2D eigenvalue weighted by Crippen LogP contribution is 2.36. The van der Waals surface area contributed by atoms with Crippen molar-refractivity contribution in [1.82, 2.24) is 4.90 Å². The van der Waals surface area contributed by atoms with Crippen LogP contribution in [0.4, 0.5) is 0 Å². The van der Waals surface area contributed by atoms with Crippen molar-refractivity contribution in [3.05, 3.63) is 95.1 Å². The molecule has 3 rings (SSSR count). The molecule has 35 heavy (non-hydrogen) atoms. The molecule has 0 aliphatic heterocycles. The lowest BCUT2D eigenvalue weighted by molar-refractivity contribution is 0.0732. The smallest absolute Gasteiger partial charge is 0.343 e. The van der Waals surface area contributed by atoms with Crippen molar-refractivity contribution in [3.63, 3.8) is 0 Å². The molecule has 0 radical (unpaired) electrons. The summed E-state index contributed by atoms with van der Waals surface area (Å²) in [5, 5.41) is 9.85. The van der Waals surface area contributed by atoms with Crippen molar-refractivity contribution in [2.45, 2.75) is 58.7 Å². The van der Waals surface area contributed by atoms with Crippen molar-refractivity contribution in [2.75, 3.05) is 13.7 Å². The Morgan fingerprint density at radius 3 is 2.14 bits per heavy atom. The third kappa shape index (κ3) is 6.93. The fourth-order valence-electron chi connectivity index (χ4n) is 4.53. The second kappa shape index (κ2) is 12.5. The fourth-order valence-corrected chi connectivity index (χ4v) is 4.53. The van der Waals surface area contributed by atoms with E-state index in [-0.39, 0.29) is 12.5 Å². The van der Waals surface area contributed by atoms with Gasteiger partial charge < -0.3 is 14.6 Å². The number of benzene rings is 3. The summed E-state index contributed by atoms with van der Waals surface area (Å²) in [4.78, 5) is 15.5. The first kappa shape index (κ1) is 26.5. The Morgan fingerprint density at radius 2 is 1.57 bits per heavy atom. The summed E-state index contributed by atoms with van der Waals surface area (Å²) in [7, 11) is 1.59. The maximum Gasteiger partial charge on any atom is 0.343 e. The first-order valence-corrected chi connectivity index (χ1v) is 12.2.